The maximum absolute atomic E-state index is 13.7. The van der Waals surface area contributed by atoms with Crippen molar-refractivity contribution in [2.24, 2.45) is 0 Å². The van der Waals surface area contributed by atoms with E-state index in [0.717, 1.165) is 27.6 Å². The topological polar surface area (TPSA) is 0 Å². The Labute approximate surface area is 95.9 Å². The molecule has 74 valence electrons. The quantitative estimate of drug-likeness (QED) is 0.571. The summed E-state index contributed by atoms with van der Waals surface area (Å²) >= 11 is 3.47. The van der Waals surface area contributed by atoms with Crippen molar-refractivity contribution in [1.82, 2.24) is 0 Å². The van der Waals surface area contributed by atoms with Gasteiger partial charge in [-0.1, -0.05) is 40.2 Å². The van der Waals surface area contributed by atoms with Crippen molar-refractivity contribution in [3.8, 4) is 11.1 Å². The van der Waals surface area contributed by atoms with E-state index in [1.807, 2.05) is 18.2 Å². The summed E-state index contributed by atoms with van der Waals surface area (Å²) in [6, 6.07) is 11.3. The maximum Gasteiger partial charge on any atom is 0.131 e. The molecule has 0 N–H and O–H groups in total. The Kier molecular flexibility index (Phi) is 1.93. The zero-order valence-electron chi connectivity index (χ0n) is 7.93. The van der Waals surface area contributed by atoms with Crippen LogP contribution < -0.4 is 0 Å². The molecule has 0 unspecified atom stereocenters. The molecule has 1 aliphatic rings. The Bertz CT molecular complexity index is 546. The number of benzene rings is 2. The van der Waals surface area contributed by atoms with Gasteiger partial charge in [0.15, 0.2) is 0 Å². The second kappa shape index (κ2) is 3.17. The number of fused-ring (bicyclic) bond motifs is 3. The SMILES string of the molecule is Fc1ccc(Br)c2c1-c1ccccc1C2. The Hall–Kier alpha value is -1.15. The smallest absolute Gasteiger partial charge is 0.131 e. The van der Waals surface area contributed by atoms with E-state index in [0.29, 0.717) is 0 Å². The Balaban J connectivity index is 2.37. The van der Waals surface area contributed by atoms with E-state index in [1.165, 1.54) is 11.6 Å². The number of hydrogen-bond donors (Lipinski definition) is 0. The van der Waals surface area contributed by atoms with Gasteiger partial charge in [-0.25, -0.2) is 4.39 Å². The summed E-state index contributed by atoms with van der Waals surface area (Å²) in [6.07, 6.45) is 0.823. The fourth-order valence-electron chi connectivity index (χ4n) is 2.17. The largest absolute Gasteiger partial charge is 0.206 e. The van der Waals surface area contributed by atoms with Crippen LogP contribution in [0.3, 0.4) is 0 Å². The summed E-state index contributed by atoms with van der Waals surface area (Å²) < 4.78 is 14.7. The fourth-order valence-corrected chi connectivity index (χ4v) is 2.64. The van der Waals surface area contributed by atoms with Crippen molar-refractivity contribution in [3.63, 3.8) is 0 Å². The lowest BCUT2D eigenvalue weighted by atomic mass is 10.1. The Morgan fingerprint density at radius 2 is 1.87 bits per heavy atom. The van der Waals surface area contributed by atoms with Crippen molar-refractivity contribution < 1.29 is 4.39 Å². The van der Waals surface area contributed by atoms with Crippen molar-refractivity contribution >= 4 is 15.9 Å². The molecule has 0 atom stereocenters. The molecule has 0 heterocycles. The van der Waals surface area contributed by atoms with E-state index in [2.05, 4.69) is 22.0 Å². The normalized spacial score (nSPS) is 12.4. The van der Waals surface area contributed by atoms with E-state index in [1.54, 1.807) is 6.07 Å². The van der Waals surface area contributed by atoms with E-state index in [4.69, 9.17) is 0 Å². The Morgan fingerprint density at radius 3 is 2.73 bits per heavy atom. The van der Waals surface area contributed by atoms with Crippen LogP contribution in [0.2, 0.25) is 0 Å². The van der Waals surface area contributed by atoms with Crippen LogP contribution in [-0.4, -0.2) is 0 Å². The van der Waals surface area contributed by atoms with Gasteiger partial charge in [0.25, 0.3) is 0 Å². The molecular formula is C13H8BrF. The highest BCUT2D eigenvalue weighted by Gasteiger charge is 2.23. The lowest BCUT2D eigenvalue weighted by Crippen LogP contribution is -1.86. The third-order valence-corrected chi connectivity index (χ3v) is 3.60. The van der Waals surface area contributed by atoms with E-state index in [9.17, 15) is 4.39 Å². The van der Waals surface area contributed by atoms with Gasteiger partial charge in [-0.05, 0) is 35.2 Å². The first kappa shape index (κ1) is 9.10. The summed E-state index contributed by atoms with van der Waals surface area (Å²) in [5, 5.41) is 0. The van der Waals surface area contributed by atoms with Gasteiger partial charge in [0, 0.05) is 10.0 Å². The first-order valence-electron chi connectivity index (χ1n) is 4.82. The molecule has 0 aromatic heterocycles. The molecule has 0 aliphatic heterocycles. The number of halogens is 2. The first-order valence-corrected chi connectivity index (χ1v) is 5.62. The van der Waals surface area contributed by atoms with Crippen LogP contribution in [0.15, 0.2) is 40.9 Å². The maximum atomic E-state index is 13.7. The van der Waals surface area contributed by atoms with Gasteiger partial charge in [0.2, 0.25) is 0 Å². The first-order chi connectivity index (χ1) is 7.27. The van der Waals surface area contributed by atoms with E-state index in [-0.39, 0.29) is 5.82 Å². The predicted octanol–water partition coefficient (Wildman–Crippen LogP) is 4.16. The van der Waals surface area contributed by atoms with Gasteiger partial charge in [-0.3, -0.25) is 0 Å². The highest BCUT2D eigenvalue weighted by Crippen LogP contribution is 2.41. The molecule has 0 bridgehead atoms. The highest BCUT2D eigenvalue weighted by molar-refractivity contribution is 9.10. The monoisotopic (exact) mass is 262 g/mol. The minimum atomic E-state index is -0.127. The summed E-state index contributed by atoms with van der Waals surface area (Å²) in [5.41, 5.74) is 4.07. The molecule has 2 aromatic carbocycles. The third-order valence-electron chi connectivity index (χ3n) is 2.86. The summed E-state index contributed by atoms with van der Waals surface area (Å²) in [7, 11) is 0. The molecule has 0 radical (unpaired) electrons. The number of rotatable bonds is 0. The molecule has 3 rings (SSSR count). The predicted molar refractivity (Wildman–Crippen MR) is 62.3 cm³/mol. The molecule has 0 spiro atoms. The lowest BCUT2D eigenvalue weighted by molar-refractivity contribution is 0.630. The van der Waals surface area contributed by atoms with Crippen LogP contribution >= 0.6 is 15.9 Å². The summed E-state index contributed by atoms with van der Waals surface area (Å²) in [5.74, 6) is -0.127. The molecule has 15 heavy (non-hydrogen) atoms. The average molecular weight is 263 g/mol. The molecule has 2 aromatic rings. The van der Waals surface area contributed by atoms with Crippen LogP contribution in [0, 0.1) is 5.82 Å². The standard InChI is InChI=1S/C13H8BrF/c14-11-5-6-12(15)13-9-4-2-1-3-8(9)7-10(11)13/h1-6H,7H2. The highest BCUT2D eigenvalue weighted by atomic mass is 79.9. The van der Waals surface area contributed by atoms with Crippen molar-refractivity contribution in [3.05, 3.63) is 57.8 Å². The van der Waals surface area contributed by atoms with Gasteiger partial charge in [0.05, 0.1) is 0 Å². The lowest BCUT2D eigenvalue weighted by Gasteiger charge is -2.03. The molecule has 0 amide bonds. The minimum absolute atomic E-state index is 0.127. The second-order valence-electron chi connectivity index (χ2n) is 3.72. The molecule has 1 aliphatic carbocycles. The summed E-state index contributed by atoms with van der Waals surface area (Å²) in [4.78, 5) is 0. The Morgan fingerprint density at radius 1 is 1.07 bits per heavy atom. The molecular weight excluding hydrogens is 255 g/mol. The molecule has 0 nitrogen and oxygen atoms in total. The second-order valence-corrected chi connectivity index (χ2v) is 4.57. The molecule has 2 heteroatoms. The van der Waals surface area contributed by atoms with Crippen molar-refractivity contribution in [1.29, 1.82) is 0 Å². The van der Waals surface area contributed by atoms with Gasteiger partial charge >= 0.3 is 0 Å². The number of hydrogen-bond acceptors (Lipinski definition) is 0. The van der Waals surface area contributed by atoms with Gasteiger partial charge < -0.3 is 0 Å². The van der Waals surface area contributed by atoms with E-state index < -0.39 is 0 Å². The van der Waals surface area contributed by atoms with Gasteiger partial charge in [-0.15, -0.1) is 0 Å². The van der Waals surface area contributed by atoms with Crippen molar-refractivity contribution in [2.75, 3.05) is 0 Å². The molecule has 0 saturated carbocycles. The van der Waals surface area contributed by atoms with Crippen LogP contribution in [0.25, 0.3) is 11.1 Å². The van der Waals surface area contributed by atoms with Crippen LogP contribution in [0.1, 0.15) is 11.1 Å². The van der Waals surface area contributed by atoms with Crippen molar-refractivity contribution in [2.45, 2.75) is 6.42 Å². The van der Waals surface area contributed by atoms with Crippen LogP contribution in [0.4, 0.5) is 4.39 Å². The zero-order valence-corrected chi connectivity index (χ0v) is 9.51. The fraction of sp³-hybridized carbons (Fsp3) is 0.0769. The zero-order chi connectivity index (χ0) is 10.4. The van der Waals surface area contributed by atoms with E-state index >= 15 is 0 Å². The molecule has 0 saturated heterocycles. The molecule has 0 fully saturated rings. The summed E-state index contributed by atoms with van der Waals surface area (Å²) in [6.45, 7) is 0. The van der Waals surface area contributed by atoms with Gasteiger partial charge in [-0.2, -0.15) is 0 Å². The average Bonchev–Trinajstić information content (AvgIpc) is 2.64. The van der Waals surface area contributed by atoms with Gasteiger partial charge in [0.1, 0.15) is 5.82 Å². The van der Waals surface area contributed by atoms with Crippen LogP contribution in [-0.2, 0) is 6.42 Å². The third kappa shape index (κ3) is 1.25. The minimum Gasteiger partial charge on any atom is -0.206 e. The van der Waals surface area contributed by atoms with Crippen LogP contribution in [0.5, 0.6) is 0 Å².